The first-order valence-electron chi connectivity index (χ1n) is 10.2. The summed E-state index contributed by atoms with van der Waals surface area (Å²) in [4.78, 5) is 15.4. The highest BCUT2D eigenvalue weighted by Crippen LogP contribution is 2.45. The zero-order valence-corrected chi connectivity index (χ0v) is 16.3. The summed E-state index contributed by atoms with van der Waals surface area (Å²) in [5.74, 6) is 2.25. The van der Waals surface area contributed by atoms with Crippen molar-refractivity contribution in [1.29, 1.82) is 0 Å². The molecule has 8 heteroatoms. The molecule has 3 aliphatic rings. The molecule has 8 nitrogen and oxygen atoms in total. The first-order valence-corrected chi connectivity index (χ1v) is 10.2. The molecule has 2 aromatic carbocycles. The van der Waals surface area contributed by atoms with Crippen LogP contribution in [0.3, 0.4) is 0 Å². The molecule has 0 spiro atoms. The number of H-pyrrole nitrogens is 1. The normalized spacial score (nSPS) is 17.7. The second kappa shape index (κ2) is 6.48. The Morgan fingerprint density at radius 3 is 2.80 bits per heavy atom. The number of aromatic amines is 1. The number of anilines is 2. The highest BCUT2D eigenvalue weighted by atomic mass is 16.7. The van der Waals surface area contributed by atoms with Gasteiger partial charge in [0, 0.05) is 23.9 Å². The second-order valence-electron chi connectivity index (χ2n) is 7.98. The number of hydrogen-bond donors (Lipinski definition) is 4. The van der Waals surface area contributed by atoms with Gasteiger partial charge in [0.15, 0.2) is 11.5 Å². The van der Waals surface area contributed by atoms with E-state index < -0.39 is 0 Å². The van der Waals surface area contributed by atoms with Crippen LogP contribution in [-0.4, -0.2) is 36.9 Å². The Balaban J connectivity index is 1.46. The van der Waals surface area contributed by atoms with E-state index >= 15 is 0 Å². The number of carbonyl (C=O) groups excluding carboxylic acids is 1. The fourth-order valence-corrected chi connectivity index (χ4v) is 4.30. The van der Waals surface area contributed by atoms with Crippen LogP contribution >= 0.6 is 0 Å². The van der Waals surface area contributed by atoms with E-state index in [0.29, 0.717) is 19.1 Å². The Kier molecular flexibility index (Phi) is 3.74. The van der Waals surface area contributed by atoms with Gasteiger partial charge in [-0.15, -0.1) is 0 Å². The quantitative estimate of drug-likeness (QED) is 0.518. The van der Waals surface area contributed by atoms with E-state index in [1.807, 2.05) is 30.3 Å². The van der Waals surface area contributed by atoms with Crippen molar-refractivity contribution in [3.63, 3.8) is 0 Å². The third kappa shape index (κ3) is 2.79. The minimum absolute atomic E-state index is 0.242. The molecule has 1 fully saturated rings. The molecule has 1 amide bonds. The highest BCUT2D eigenvalue weighted by molar-refractivity contribution is 6.06. The summed E-state index contributed by atoms with van der Waals surface area (Å²) in [6.45, 7) is 1.48. The first kappa shape index (κ1) is 17.3. The molecule has 2 aliphatic heterocycles. The van der Waals surface area contributed by atoms with Gasteiger partial charge in [-0.3, -0.25) is 4.79 Å². The number of primary amides is 1. The lowest BCUT2D eigenvalue weighted by molar-refractivity contribution is -0.119. The number of fused-ring (bicyclic) bond motifs is 1. The summed E-state index contributed by atoms with van der Waals surface area (Å²) in [5, 5.41) is 7.80. The number of carbonyl (C=O) groups is 1. The molecule has 5 N–H and O–H groups in total. The Morgan fingerprint density at radius 2 is 1.97 bits per heavy atom. The predicted molar refractivity (Wildman–Crippen MR) is 113 cm³/mol. The van der Waals surface area contributed by atoms with Crippen molar-refractivity contribution in [1.82, 2.24) is 4.98 Å². The van der Waals surface area contributed by atoms with Crippen molar-refractivity contribution >= 4 is 28.2 Å². The van der Waals surface area contributed by atoms with E-state index in [1.165, 1.54) is 0 Å². The highest BCUT2D eigenvalue weighted by Gasteiger charge is 2.35. The molecule has 0 unspecified atom stereocenters. The predicted octanol–water partition coefficient (Wildman–Crippen LogP) is 3.04. The van der Waals surface area contributed by atoms with E-state index in [4.69, 9.17) is 19.9 Å². The largest absolute Gasteiger partial charge is 0.491 e. The number of nitrogens with two attached hydrogens (primary N) is 1. The minimum atomic E-state index is -0.360. The monoisotopic (exact) mass is 406 g/mol. The molecule has 0 radical (unpaired) electrons. The summed E-state index contributed by atoms with van der Waals surface area (Å²) >= 11 is 0. The van der Waals surface area contributed by atoms with Crippen LogP contribution in [0.25, 0.3) is 22.2 Å². The van der Waals surface area contributed by atoms with Crippen LogP contribution in [0.4, 0.5) is 11.4 Å². The topological polar surface area (TPSA) is 111 Å². The second-order valence-corrected chi connectivity index (χ2v) is 7.98. The van der Waals surface area contributed by atoms with Crippen molar-refractivity contribution in [2.45, 2.75) is 18.9 Å². The van der Waals surface area contributed by atoms with Gasteiger partial charge in [0.25, 0.3) is 0 Å². The van der Waals surface area contributed by atoms with Crippen LogP contribution < -0.4 is 30.6 Å². The molecule has 3 aromatic rings. The number of hydrogen-bond acceptors (Lipinski definition) is 6. The third-order valence-corrected chi connectivity index (χ3v) is 5.91. The Bertz CT molecular complexity index is 1170. The lowest BCUT2D eigenvalue weighted by atomic mass is 10.1. The molecule has 1 saturated carbocycles. The zero-order valence-electron chi connectivity index (χ0n) is 16.3. The number of aromatic nitrogens is 1. The molecule has 0 saturated heterocycles. The van der Waals surface area contributed by atoms with E-state index in [2.05, 4.69) is 15.6 Å². The molecule has 0 bridgehead atoms. The van der Waals surface area contributed by atoms with Gasteiger partial charge in [-0.05, 0) is 43.0 Å². The summed E-state index contributed by atoms with van der Waals surface area (Å²) in [6.07, 6.45) is 2.05. The van der Waals surface area contributed by atoms with Crippen LogP contribution in [0.15, 0.2) is 30.3 Å². The van der Waals surface area contributed by atoms with Gasteiger partial charge in [0.1, 0.15) is 18.4 Å². The summed E-state index contributed by atoms with van der Waals surface area (Å²) < 4.78 is 17.0. The van der Waals surface area contributed by atoms with Gasteiger partial charge in [0.05, 0.1) is 22.3 Å². The zero-order chi connectivity index (χ0) is 20.2. The minimum Gasteiger partial charge on any atom is -0.491 e. The summed E-state index contributed by atoms with van der Waals surface area (Å²) in [7, 11) is 0. The van der Waals surface area contributed by atoms with Gasteiger partial charge < -0.3 is 35.6 Å². The van der Waals surface area contributed by atoms with E-state index in [9.17, 15) is 4.79 Å². The van der Waals surface area contributed by atoms with Crippen molar-refractivity contribution in [2.24, 2.45) is 11.7 Å². The Hall–Kier alpha value is -3.55. The molecule has 3 heterocycles. The third-order valence-electron chi connectivity index (χ3n) is 5.91. The lowest BCUT2D eigenvalue weighted by Crippen LogP contribution is -2.37. The van der Waals surface area contributed by atoms with Gasteiger partial charge in [0.2, 0.25) is 12.7 Å². The van der Waals surface area contributed by atoms with Crippen molar-refractivity contribution in [3.8, 4) is 28.5 Å². The Morgan fingerprint density at radius 1 is 1.10 bits per heavy atom. The van der Waals surface area contributed by atoms with E-state index in [0.717, 1.165) is 63.6 Å². The number of rotatable bonds is 5. The summed E-state index contributed by atoms with van der Waals surface area (Å²) in [6, 6.07) is 9.51. The molecule has 1 aromatic heterocycles. The number of nitrogens with one attached hydrogen (secondary N) is 3. The summed E-state index contributed by atoms with van der Waals surface area (Å²) in [5.41, 5.74) is 10.3. The van der Waals surface area contributed by atoms with Gasteiger partial charge in [-0.1, -0.05) is 0 Å². The maximum atomic E-state index is 11.9. The lowest BCUT2D eigenvalue weighted by Gasteiger charge is -2.17. The smallest absolute Gasteiger partial charge is 0.240 e. The average Bonchev–Trinajstić information content (AvgIpc) is 3.40. The average molecular weight is 406 g/mol. The molecular weight excluding hydrogens is 384 g/mol. The van der Waals surface area contributed by atoms with E-state index in [-0.39, 0.29) is 18.7 Å². The standard InChI is InChI=1S/C22H22N4O4/c23-22(27)20(11-1-2-11)25-13-8-14-18-17(9-13)28-6-5-24-21(18)19(26-14)12-3-4-15-16(7-12)30-10-29-15/h3-4,7-9,11,20,24-26H,1-2,5-6,10H2,(H2,23,27)/t20-/m0/s1. The van der Waals surface area contributed by atoms with Crippen LogP contribution in [0.1, 0.15) is 12.8 Å². The fraction of sp³-hybridized carbons (Fsp3) is 0.318. The van der Waals surface area contributed by atoms with Crippen molar-refractivity contribution < 1.29 is 19.0 Å². The SMILES string of the molecule is NC(=O)[C@@H](Nc1cc2c3c(c(-c4ccc5c(c4)OCO5)[nH]c3c1)NCCO2)C1CC1. The van der Waals surface area contributed by atoms with Crippen molar-refractivity contribution in [3.05, 3.63) is 30.3 Å². The fourth-order valence-electron chi connectivity index (χ4n) is 4.30. The maximum absolute atomic E-state index is 11.9. The molecule has 30 heavy (non-hydrogen) atoms. The first-order chi connectivity index (χ1) is 14.7. The molecular formula is C22H22N4O4. The molecule has 1 aliphatic carbocycles. The van der Waals surface area contributed by atoms with Crippen LogP contribution in [-0.2, 0) is 4.79 Å². The van der Waals surface area contributed by atoms with Crippen LogP contribution in [0.5, 0.6) is 17.2 Å². The van der Waals surface area contributed by atoms with Gasteiger partial charge in [-0.2, -0.15) is 0 Å². The Labute approximate surface area is 172 Å². The van der Waals surface area contributed by atoms with Gasteiger partial charge in [-0.25, -0.2) is 0 Å². The number of ether oxygens (including phenoxy) is 3. The molecule has 1 atom stereocenters. The van der Waals surface area contributed by atoms with Crippen LogP contribution in [0, 0.1) is 5.92 Å². The van der Waals surface area contributed by atoms with Gasteiger partial charge >= 0.3 is 0 Å². The number of amides is 1. The maximum Gasteiger partial charge on any atom is 0.240 e. The number of benzene rings is 2. The molecule has 6 rings (SSSR count). The van der Waals surface area contributed by atoms with E-state index in [1.54, 1.807) is 0 Å². The van der Waals surface area contributed by atoms with Crippen molar-refractivity contribution in [2.75, 3.05) is 30.6 Å². The van der Waals surface area contributed by atoms with Crippen LogP contribution in [0.2, 0.25) is 0 Å². The molecule has 154 valence electrons.